The van der Waals surface area contributed by atoms with Gasteiger partial charge in [-0.1, -0.05) is 13.5 Å². The number of hydrogen-bond donors (Lipinski definition) is 1. The average Bonchev–Trinajstić information content (AvgIpc) is 2.97. The number of carbonyl (C=O) groups is 1. The Bertz CT molecular complexity index is 965. The van der Waals surface area contributed by atoms with Crippen molar-refractivity contribution in [2.24, 2.45) is 4.99 Å². The maximum absolute atomic E-state index is 12.7. The summed E-state index contributed by atoms with van der Waals surface area (Å²) in [6.07, 6.45) is 8.33. The Kier molecular flexibility index (Phi) is 4.95. The smallest absolute Gasteiger partial charge is 0.356 e. The van der Waals surface area contributed by atoms with E-state index in [2.05, 4.69) is 16.7 Å². The SMILES string of the molecule is C=C/C(=C\N=CCC)n1nc(C(=O)O)c2c1C1=C(CCCC1)S(=O)(=O)C2. The van der Waals surface area contributed by atoms with E-state index < -0.39 is 15.8 Å². The topological polar surface area (TPSA) is 102 Å². The average molecular weight is 375 g/mol. The van der Waals surface area contributed by atoms with E-state index in [1.165, 1.54) is 10.8 Å². The molecule has 2 heterocycles. The summed E-state index contributed by atoms with van der Waals surface area (Å²) in [5.74, 6) is -1.57. The van der Waals surface area contributed by atoms with Gasteiger partial charge in [-0.25, -0.2) is 17.9 Å². The molecule has 1 aromatic heterocycles. The number of carboxylic acid groups (broad SMARTS) is 1. The zero-order valence-electron chi connectivity index (χ0n) is 14.6. The van der Waals surface area contributed by atoms with Gasteiger partial charge in [0, 0.05) is 11.8 Å². The summed E-state index contributed by atoms with van der Waals surface area (Å²) in [5.41, 5.74) is 1.79. The van der Waals surface area contributed by atoms with Crippen LogP contribution in [0.2, 0.25) is 0 Å². The summed E-state index contributed by atoms with van der Waals surface area (Å²) in [6.45, 7) is 5.72. The predicted octanol–water partition coefficient (Wildman–Crippen LogP) is 3.26. The summed E-state index contributed by atoms with van der Waals surface area (Å²) >= 11 is 0. The summed E-state index contributed by atoms with van der Waals surface area (Å²) in [5, 5.41) is 13.7. The second kappa shape index (κ2) is 7.03. The number of sulfone groups is 1. The molecule has 0 spiro atoms. The fraction of sp³-hybridized carbons (Fsp3) is 0.389. The van der Waals surface area contributed by atoms with Gasteiger partial charge in [0.1, 0.15) is 0 Å². The fourth-order valence-corrected chi connectivity index (χ4v) is 5.29. The van der Waals surface area contributed by atoms with Gasteiger partial charge in [0.15, 0.2) is 15.5 Å². The number of aliphatic imine (C=N–C) groups is 1. The first kappa shape index (κ1) is 18.3. The summed E-state index contributed by atoms with van der Waals surface area (Å²) < 4.78 is 26.8. The van der Waals surface area contributed by atoms with Crippen LogP contribution in [0.1, 0.15) is 60.8 Å². The largest absolute Gasteiger partial charge is 0.476 e. The molecular weight excluding hydrogens is 354 g/mol. The van der Waals surface area contributed by atoms with Crippen molar-refractivity contribution in [1.82, 2.24) is 9.78 Å². The number of rotatable bonds is 5. The van der Waals surface area contributed by atoms with Crippen molar-refractivity contribution in [1.29, 1.82) is 0 Å². The molecule has 0 atom stereocenters. The fourth-order valence-electron chi connectivity index (χ4n) is 3.43. The van der Waals surface area contributed by atoms with Crippen LogP contribution in [0, 0.1) is 0 Å². The van der Waals surface area contributed by atoms with Crippen LogP contribution in [0.4, 0.5) is 0 Å². The molecule has 1 aliphatic carbocycles. The molecule has 3 rings (SSSR count). The van der Waals surface area contributed by atoms with Crippen molar-refractivity contribution in [2.75, 3.05) is 0 Å². The van der Waals surface area contributed by atoms with Crippen LogP contribution in [0.15, 0.2) is 28.8 Å². The van der Waals surface area contributed by atoms with Crippen molar-refractivity contribution in [2.45, 2.75) is 44.8 Å². The van der Waals surface area contributed by atoms with Crippen LogP contribution in [0.3, 0.4) is 0 Å². The van der Waals surface area contributed by atoms with Gasteiger partial charge in [-0.15, -0.1) is 0 Å². The quantitative estimate of drug-likeness (QED) is 0.629. The molecule has 138 valence electrons. The number of aromatic carboxylic acids is 1. The number of fused-ring (bicyclic) bond motifs is 2. The van der Waals surface area contributed by atoms with E-state index in [1.54, 1.807) is 12.4 Å². The Morgan fingerprint density at radius 3 is 2.77 bits per heavy atom. The van der Waals surface area contributed by atoms with Crippen molar-refractivity contribution >= 4 is 33.3 Å². The maximum atomic E-state index is 12.7. The van der Waals surface area contributed by atoms with Crippen molar-refractivity contribution in [3.63, 3.8) is 0 Å². The molecule has 8 heteroatoms. The highest BCUT2D eigenvalue weighted by molar-refractivity contribution is 7.94. The molecule has 0 unspecified atom stereocenters. The van der Waals surface area contributed by atoms with Crippen molar-refractivity contribution in [3.05, 3.63) is 40.7 Å². The van der Waals surface area contributed by atoms with E-state index in [0.717, 1.165) is 19.3 Å². The number of carboxylic acids is 1. The molecule has 2 aliphatic rings. The predicted molar refractivity (Wildman–Crippen MR) is 100 cm³/mol. The lowest BCUT2D eigenvalue weighted by Crippen LogP contribution is -2.21. The number of hydrogen-bond acceptors (Lipinski definition) is 5. The third-order valence-electron chi connectivity index (χ3n) is 4.55. The molecule has 0 radical (unpaired) electrons. The van der Waals surface area contributed by atoms with Crippen LogP contribution < -0.4 is 0 Å². The second-order valence-electron chi connectivity index (χ2n) is 6.26. The minimum Gasteiger partial charge on any atom is -0.476 e. The van der Waals surface area contributed by atoms with Gasteiger partial charge in [0.05, 0.1) is 28.2 Å². The molecule has 0 amide bonds. The van der Waals surface area contributed by atoms with Gasteiger partial charge in [-0.3, -0.25) is 4.99 Å². The highest BCUT2D eigenvalue weighted by Gasteiger charge is 2.38. The molecule has 0 bridgehead atoms. The lowest BCUT2D eigenvalue weighted by molar-refractivity contribution is 0.0689. The first-order chi connectivity index (χ1) is 12.4. The minimum absolute atomic E-state index is 0.229. The third-order valence-corrected chi connectivity index (χ3v) is 6.42. The van der Waals surface area contributed by atoms with E-state index in [4.69, 9.17) is 0 Å². The zero-order chi connectivity index (χ0) is 18.9. The lowest BCUT2D eigenvalue weighted by Gasteiger charge is -2.26. The highest BCUT2D eigenvalue weighted by Crippen LogP contribution is 2.43. The number of nitrogens with zero attached hydrogens (tertiary/aromatic N) is 3. The molecule has 0 aromatic carbocycles. The summed E-state index contributed by atoms with van der Waals surface area (Å²) in [4.78, 5) is 16.3. The van der Waals surface area contributed by atoms with Crippen molar-refractivity contribution in [3.8, 4) is 0 Å². The highest BCUT2D eigenvalue weighted by atomic mass is 32.2. The summed E-state index contributed by atoms with van der Waals surface area (Å²) in [7, 11) is -3.50. The molecule has 7 nitrogen and oxygen atoms in total. The normalized spacial score (nSPS) is 19.3. The first-order valence-corrected chi connectivity index (χ1v) is 10.2. The molecule has 0 saturated heterocycles. The number of allylic oxidation sites excluding steroid dienone is 4. The Morgan fingerprint density at radius 1 is 1.38 bits per heavy atom. The Balaban J connectivity index is 2.30. The van der Waals surface area contributed by atoms with E-state index >= 15 is 0 Å². The number of aromatic nitrogens is 2. The molecule has 1 aromatic rings. The molecule has 0 fully saturated rings. The van der Waals surface area contributed by atoms with Crippen molar-refractivity contribution < 1.29 is 18.3 Å². The molecular formula is C18H21N3O4S. The second-order valence-corrected chi connectivity index (χ2v) is 8.27. The van der Waals surface area contributed by atoms with Crippen LogP contribution in [-0.2, 0) is 15.6 Å². The van der Waals surface area contributed by atoms with E-state index in [9.17, 15) is 18.3 Å². The van der Waals surface area contributed by atoms with Gasteiger partial charge >= 0.3 is 5.97 Å². The van der Waals surface area contributed by atoms with E-state index in [0.29, 0.717) is 34.7 Å². The van der Waals surface area contributed by atoms with Crippen LogP contribution in [0.25, 0.3) is 11.3 Å². The molecule has 26 heavy (non-hydrogen) atoms. The monoisotopic (exact) mass is 375 g/mol. The summed E-state index contributed by atoms with van der Waals surface area (Å²) in [6, 6.07) is 0. The van der Waals surface area contributed by atoms with Crippen LogP contribution in [0.5, 0.6) is 0 Å². The van der Waals surface area contributed by atoms with Gasteiger partial charge in [-0.2, -0.15) is 5.10 Å². The minimum atomic E-state index is -3.50. The van der Waals surface area contributed by atoms with E-state index in [-0.39, 0.29) is 17.0 Å². The molecule has 1 N–H and O–H groups in total. The van der Waals surface area contributed by atoms with E-state index in [1.807, 2.05) is 6.92 Å². The lowest BCUT2D eigenvalue weighted by atomic mass is 9.94. The Morgan fingerprint density at radius 2 is 2.12 bits per heavy atom. The first-order valence-electron chi connectivity index (χ1n) is 8.55. The Hall–Kier alpha value is -2.48. The van der Waals surface area contributed by atoms with Gasteiger partial charge in [0.25, 0.3) is 0 Å². The van der Waals surface area contributed by atoms with Crippen LogP contribution in [-0.4, -0.2) is 35.5 Å². The third kappa shape index (κ3) is 3.05. The zero-order valence-corrected chi connectivity index (χ0v) is 15.4. The van der Waals surface area contributed by atoms with Crippen LogP contribution >= 0.6 is 0 Å². The molecule has 1 aliphatic heterocycles. The van der Waals surface area contributed by atoms with Gasteiger partial charge in [-0.05, 0) is 43.8 Å². The maximum Gasteiger partial charge on any atom is 0.356 e. The van der Waals surface area contributed by atoms with Gasteiger partial charge < -0.3 is 5.11 Å². The molecule has 0 saturated carbocycles. The van der Waals surface area contributed by atoms with Gasteiger partial charge in [0.2, 0.25) is 0 Å². The Labute approximate surface area is 152 Å². The standard InChI is InChI=1S/C18H21N3O4S/c1-3-9-19-10-12(4-2)21-17-13-7-5-6-8-15(13)26(24,25)11-14(17)16(20-21)18(22)23/h4,9-10H,2-3,5-8,11H2,1H3,(H,22,23)/b12-10+,19-9?.